The van der Waals surface area contributed by atoms with Gasteiger partial charge in [-0.2, -0.15) is 0 Å². The van der Waals surface area contributed by atoms with Crippen LogP contribution in [0.5, 0.6) is 0 Å². The summed E-state index contributed by atoms with van der Waals surface area (Å²) in [6, 6.07) is 18.0. The third-order valence-electron chi connectivity index (χ3n) is 7.82. The molecule has 2 aromatic heterocycles. The Hall–Kier alpha value is -3.48. The normalized spacial score (nSPS) is 12.6. The van der Waals surface area contributed by atoms with Gasteiger partial charge in [0.25, 0.3) is 0 Å². The fourth-order valence-electron chi connectivity index (χ4n) is 5.80. The number of fused-ring (bicyclic) bond motifs is 2. The molecular weight excluding hydrogens is 492 g/mol. The Morgan fingerprint density at radius 3 is 1.23 bits per heavy atom. The molecule has 40 heavy (non-hydrogen) atoms. The number of benzene rings is 3. The summed E-state index contributed by atoms with van der Waals surface area (Å²) >= 11 is 0. The molecule has 0 unspecified atom stereocenters. The number of hydrogen-bond acceptors (Lipinski definition) is 0. The zero-order chi connectivity index (χ0) is 28.3. The second kappa shape index (κ2) is 11.6. The van der Waals surface area contributed by atoms with E-state index in [1.807, 2.05) is 0 Å². The Morgan fingerprint density at radius 1 is 0.550 bits per heavy atom. The van der Waals surface area contributed by atoms with Crippen LogP contribution in [0.3, 0.4) is 0 Å². The molecule has 0 saturated heterocycles. The van der Waals surface area contributed by atoms with E-state index in [2.05, 4.69) is 147 Å². The quantitative estimate of drug-likeness (QED) is 0.126. The molecule has 0 aliphatic rings. The Labute approximate surface area is 240 Å². The second-order valence-electron chi connectivity index (χ2n) is 13.4. The molecule has 0 N–H and O–H groups in total. The van der Waals surface area contributed by atoms with Gasteiger partial charge in [0.1, 0.15) is 37.9 Å². The second-order valence-corrected chi connectivity index (χ2v) is 13.4. The minimum absolute atomic E-state index is 0.861. The van der Waals surface area contributed by atoms with Gasteiger partial charge in [-0.1, -0.05) is 48.5 Å². The number of rotatable bonds is 12. The molecule has 0 saturated carbocycles. The standard InChI is InChI=1S/C34H48N6/c1-39(2,3)23-11-17-35-19-21-37(27-35)25-33-29-13-7-9-15-31(29)34(32-16-10-8-14-30(32)33)26-38-22-20-36(28-38)18-12-24-40(4,5)6/h7-10,13-16,19-22,27-28H,11-12,17-18,23-26H2,1-6H3/q+4. The van der Waals surface area contributed by atoms with E-state index in [1.165, 1.54) is 58.6 Å². The number of imidazole rings is 2. The van der Waals surface area contributed by atoms with Crippen molar-refractivity contribution in [1.82, 2.24) is 9.13 Å². The largest absolute Gasteiger partial charge is 0.331 e. The van der Waals surface area contributed by atoms with Crippen molar-refractivity contribution in [2.24, 2.45) is 0 Å². The van der Waals surface area contributed by atoms with Gasteiger partial charge in [-0.15, -0.1) is 0 Å². The molecule has 0 aliphatic heterocycles. The molecule has 6 nitrogen and oxygen atoms in total. The lowest BCUT2D eigenvalue weighted by Gasteiger charge is -2.23. The van der Waals surface area contributed by atoms with E-state index in [-0.39, 0.29) is 0 Å². The first-order valence-corrected chi connectivity index (χ1v) is 14.7. The van der Waals surface area contributed by atoms with E-state index < -0.39 is 0 Å². The molecule has 0 radical (unpaired) electrons. The number of hydrogen-bond donors (Lipinski definition) is 0. The first kappa shape index (κ1) is 28.1. The maximum Gasteiger partial charge on any atom is 0.244 e. The third-order valence-corrected chi connectivity index (χ3v) is 7.82. The van der Waals surface area contributed by atoms with Crippen molar-refractivity contribution in [3.8, 4) is 0 Å². The van der Waals surface area contributed by atoms with Crippen LogP contribution < -0.4 is 9.13 Å². The van der Waals surface area contributed by atoms with Gasteiger partial charge in [0.05, 0.1) is 68.5 Å². The smallest absolute Gasteiger partial charge is 0.244 e. The molecule has 0 atom stereocenters. The average molecular weight is 541 g/mol. The fourth-order valence-corrected chi connectivity index (χ4v) is 5.80. The third kappa shape index (κ3) is 6.98. The summed E-state index contributed by atoms with van der Waals surface area (Å²) in [6.45, 7) is 6.17. The summed E-state index contributed by atoms with van der Waals surface area (Å²) in [6.07, 6.45) is 15.8. The molecule has 5 rings (SSSR count). The Bertz CT molecular complexity index is 1400. The van der Waals surface area contributed by atoms with Crippen molar-refractivity contribution in [3.05, 3.63) is 97.1 Å². The van der Waals surface area contributed by atoms with Crippen LogP contribution in [0, 0.1) is 0 Å². The summed E-state index contributed by atoms with van der Waals surface area (Å²) < 4.78 is 11.3. The molecule has 2 heterocycles. The zero-order valence-electron chi connectivity index (χ0n) is 25.4. The molecule has 0 spiro atoms. The monoisotopic (exact) mass is 540 g/mol. The lowest BCUT2D eigenvalue weighted by Crippen LogP contribution is -2.36. The molecule has 3 aromatic carbocycles. The van der Waals surface area contributed by atoms with Crippen LogP contribution in [0.1, 0.15) is 24.0 Å². The molecule has 6 heteroatoms. The van der Waals surface area contributed by atoms with Crippen LogP contribution in [0.2, 0.25) is 0 Å². The van der Waals surface area contributed by atoms with Crippen LogP contribution in [-0.2, 0) is 26.2 Å². The van der Waals surface area contributed by atoms with E-state index in [4.69, 9.17) is 0 Å². The van der Waals surface area contributed by atoms with Gasteiger partial charge >= 0.3 is 0 Å². The predicted octanol–water partition coefficient (Wildman–Crippen LogP) is 4.46. The van der Waals surface area contributed by atoms with Crippen LogP contribution in [0.15, 0.2) is 86.0 Å². The van der Waals surface area contributed by atoms with Gasteiger partial charge in [-0.05, 0) is 21.5 Å². The lowest BCUT2D eigenvalue weighted by atomic mass is 9.91. The number of quaternary nitrogens is 2. The highest BCUT2D eigenvalue weighted by Crippen LogP contribution is 2.33. The Balaban J connectivity index is 1.43. The predicted molar refractivity (Wildman–Crippen MR) is 164 cm³/mol. The molecule has 210 valence electrons. The first-order chi connectivity index (χ1) is 19.1. The van der Waals surface area contributed by atoms with E-state index in [0.29, 0.717) is 0 Å². The molecule has 0 bridgehead atoms. The van der Waals surface area contributed by atoms with Gasteiger partial charge in [0, 0.05) is 24.0 Å². The van der Waals surface area contributed by atoms with Crippen LogP contribution in [-0.4, -0.2) is 73.5 Å². The van der Waals surface area contributed by atoms with Crippen LogP contribution >= 0.6 is 0 Å². The highest BCUT2D eigenvalue weighted by Gasteiger charge is 2.18. The van der Waals surface area contributed by atoms with Crippen molar-refractivity contribution in [2.45, 2.75) is 39.0 Å². The van der Waals surface area contributed by atoms with E-state index >= 15 is 0 Å². The van der Waals surface area contributed by atoms with Crippen molar-refractivity contribution in [1.29, 1.82) is 0 Å². The Kier molecular flexibility index (Phi) is 8.11. The summed E-state index contributed by atoms with van der Waals surface area (Å²) in [5.74, 6) is 0. The van der Waals surface area contributed by atoms with E-state index in [9.17, 15) is 0 Å². The highest BCUT2D eigenvalue weighted by molar-refractivity contribution is 6.05. The van der Waals surface area contributed by atoms with E-state index in [0.717, 1.165) is 35.1 Å². The maximum absolute atomic E-state index is 2.34. The SMILES string of the molecule is C[N+](C)(C)CCCn1cc[n+](Cc2c3ccccc3c(C[n+]3ccn(CCC[N+](C)(C)C)c3)c3ccccc23)c1. The molecule has 0 fully saturated rings. The number of aryl methyl sites for hydroxylation is 2. The lowest BCUT2D eigenvalue weighted by molar-refractivity contribution is -0.870. The summed E-state index contributed by atoms with van der Waals surface area (Å²) in [7, 11) is 13.6. The minimum Gasteiger partial charge on any atom is -0.331 e. The van der Waals surface area contributed by atoms with Crippen molar-refractivity contribution >= 4 is 21.5 Å². The molecular formula is C34H48N6+4. The minimum atomic E-state index is 0.861. The average Bonchev–Trinajstić information content (AvgIpc) is 3.53. The van der Waals surface area contributed by atoms with Gasteiger partial charge in [-0.25, -0.2) is 18.3 Å². The molecule has 5 aromatic rings. The number of nitrogens with zero attached hydrogens (tertiary/aromatic N) is 6. The number of aromatic nitrogens is 4. The molecule has 0 amide bonds. The molecule has 0 aliphatic carbocycles. The van der Waals surface area contributed by atoms with Crippen molar-refractivity contribution in [2.75, 3.05) is 55.4 Å². The Morgan fingerprint density at radius 2 is 0.900 bits per heavy atom. The fraction of sp³-hybridized carbons (Fsp3) is 0.412. The maximum atomic E-state index is 2.34. The van der Waals surface area contributed by atoms with Gasteiger partial charge in [0.15, 0.2) is 0 Å². The van der Waals surface area contributed by atoms with Crippen molar-refractivity contribution in [3.63, 3.8) is 0 Å². The van der Waals surface area contributed by atoms with E-state index in [1.54, 1.807) is 0 Å². The first-order valence-electron chi connectivity index (χ1n) is 14.7. The highest BCUT2D eigenvalue weighted by atomic mass is 15.3. The summed E-state index contributed by atoms with van der Waals surface area (Å²) in [4.78, 5) is 0. The van der Waals surface area contributed by atoms with Crippen LogP contribution in [0.25, 0.3) is 21.5 Å². The van der Waals surface area contributed by atoms with Crippen molar-refractivity contribution < 1.29 is 18.1 Å². The van der Waals surface area contributed by atoms with Gasteiger partial charge in [-0.3, -0.25) is 0 Å². The summed E-state index contributed by atoms with van der Waals surface area (Å²) in [5, 5.41) is 5.41. The van der Waals surface area contributed by atoms with Crippen LogP contribution in [0.4, 0.5) is 0 Å². The summed E-state index contributed by atoms with van der Waals surface area (Å²) in [5.41, 5.74) is 2.79. The topological polar surface area (TPSA) is 17.6 Å². The zero-order valence-corrected chi connectivity index (χ0v) is 25.4. The van der Waals surface area contributed by atoms with Gasteiger partial charge < -0.3 is 8.97 Å². The van der Waals surface area contributed by atoms with Gasteiger partial charge in [0.2, 0.25) is 12.7 Å².